The molecule has 0 N–H and O–H groups in total. The third-order valence-corrected chi connectivity index (χ3v) is 2.56. The highest BCUT2D eigenvalue weighted by Crippen LogP contribution is 2.15. The Morgan fingerprint density at radius 2 is 1.35 bits per heavy atom. The summed E-state index contributed by atoms with van der Waals surface area (Å²) in [6.45, 7) is 1.19. The van der Waals surface area contributed by atoms with Gasteiger partial charge in [0.05, 0.1) is 6.61 Å². The fourth-order valence-corrected chi connectivity index (χ4v) is 1.67. The van der Waals surface area contributed by atoms with Crippen molar-refractivity contribution < 1.29 is 9.47 Å². The van der Waals surface area contributed by atoms with E-state index in [1.54, 1.807) is 7.11 Å². The second kappa shape index (κ2) is 6.06. The molecule has 2 heteroatoms. The minimum absolute atomic E-state index is 0.573. The number of benzene rings is 2. The molecule has 0 radical (unpaired) electrons. The van der Waals surface area contributed by atoms with Crippen molar-refractivity contribution in [3.63, 3.8) is 0 Å². The molecule has 0 saturated carbocycles. The first-order chi connectivity index (χ1) is 8.40. The van der Waals surface area contributed by atoms with Crippen molar-refractivity contribution in [3.8, 4) is 5.75 Å². The zero-order valence-electron chi connectivity index (χ0n) is 9.93. The molecule has 0 aromatic heterocycles. The molecule has 0 bridgehead atoms. The molecule has 2 aromatic carbocycles. The molecule has 17 heavy (non-hydrogen) atoms. The van der Waals surface area contributed by atoms with Crippen molar-refractivity contribution in [3.05, 3.63) is 65.7 Å². The van der Waals surface area contributed by atoms with Crippen LogP contribution in [0.1, 0.15) is 11.1 Å². The second-order valence-electron chi connectivity index (χ2n) is 3.80. The summed E-state index contributed by atoms with van der Waals surface area (Å²) in [7, 11) is 1.70. The smallest absolute Gasteiger partial charge is 0.119 e. The van der Waals surface area contributed by atoms with Crippen LogP contribution in [0.2, 0.25) is 0 Å². The predicted octanol–water partition coefficient (Wildman–Crippen LogP) is 3.41. The fourth-order valence-electron chi connectivity index (χ4n) is 1.67. The van der Waals surface area contributed by atoms with E-state index in [2.05, 4.69) is 12.1 Å². The average Bonchev–Trinajstić information content (AvgIpc) is 2.39. The van der Waals surface area contributed by atoms with Crippen molar-refractivity contribution in [1.82, 2.24) is 0 Å². The highest BCUT2D eigenvalue weighted by atomic mass is 16.5. The van der Waals surface area contributed by atoms with Crippen LogP contribution < -0.4 is 4.74 Å². The van der Waals surface area contributed by atoms with Crippen LogP contribution in [0.4, 0.5) is 0 Å². The van der Waals surface area contributed by atoms with Gasteiger partial charge in [-0.05, 0) is 23.3 Å². The summed E-state index contributed by atoms with van der Waals surface area (Å²) in [6, 6.07) is 18.0. The lowest BCUT2D eigenvalue weighted by Crippen LogP contribution is -2.00. The van der Waals surface area contributed by atoms with Crippen molar-refractivity contribution in [2.45, 2.75) is 13.2 Å². The van der Waals surface area contributed by atoms with Crippen molar-refractivity contribution >= 4 is 0 Å². The van der Waals surface area contributed by atoms with E-state index in [-0.39, 0.29) is 0 Å². The zero-order chi connectivity index (χ0) is 11.9. The van der Waals surface area contributed by atoms with Gasteiger partial charge in [0.1, 0.15) is 12.4 Å². The van der Waals surface area contributed by atoms with Crippen LogP contribution in [-0.2, 0) is 18.0 Å². The van der Waals surface area contributed by atoms with Gasteiger partial charge in [0, 0.05) is 7.11 Å². The van der Waals surface area contributed by atoms with Crippen LogP contribution in [0.25, 0.3) is 0 Å². The van der Waals surface area contributed by atoms with Gasteiger partial charge in [-0.3, -0.25) is 0 Å². The van der Waals surface area contributed by atoms with Gasteiger partial charge in [0.25, 0.3) is 0 Å². The van der Waals surface area contributed by atoms with Crippen LogP contribution in [0.15, 0.2) is 54.6 Å². The minimum atomic E-state index is 0.573. The molecule has 0 saturated heterocycles. The van der Waals surface area contributed by atoms with Gasteiger partial charge in [-0.25, -0.2) is 0 Å². The van der Waals surface area contributed by atoms with Crippen molar-refractivity contribution in [1.29, 1.82) is 0 Å². The van der Waals surface area contributed by atoms with Gasteiger partial charge >= 0.3 is 0 Å². The van der Waals surface area contributed by atoms with Crippen LogP contribution in [0, 0.1) is 0 Å². The number of methoxy groups -OCH3 is 1. The lowest BCUT2D eigenvalue weighted by molar-refractivity contribution is 0.182. The molecule has 0 fully saturated rings. The monoisotopic (exact) mass is 228 g/mol. The third kappa shape index (κ3) is 3.33. The van der Waals surface area contributed by atoms with Crippen LogP contribution in [-0.4, -0.2) is 7.11 Å². The lowest BCUT2D eigenvalue weighted by Gasteiger charge is -2.10. The topological polar surface area (TPSA) is 18.5 Å². The summed E-state index contributed by atoms with van der Waals surface area (Å²) in [5, 5.41) is 0. The SMILES string of the molecule is COCc1ccccc1COc1ccccc1. The Morgan fingerprint density at radius 3 is 2.00 bits per heavy atom. The molecule has 0 amide bonds. The molecule has 2 aromatic rings. The number of ether oxygens (including phenoxy) is 2. The second-order valence-corrected chi connectivity index (χ2v) is 3.80. The van der Waals surface area contributed by atoms with E-state index in [1.807, 2.05) is 42.5 Å². The number of hydrogen-bond donors (Lipinski definition) is 0. The van der Waals surface area contributed by atoms with E-state index in [4.69, 9.17) is 9.47 Å². The number of hydrogen-bond acceptors (Lipinski definition) is 2. The molecule has 88 valence electrons. The van der Waals surface area contributed by atoms with Crippen LogP contribution in [0.3, 0.4) is 0 Å². The van der Waals surface area contributed by atoms with E-state index in [0.717, 1.165) is 5.75 Å². The molecular weight excluding hydrogens is 212 g/mol. The summed E-state index contributed by atoms with van der Waals surface area (Å²) in [5.41, 5.74) is 2.34. The van der Waals surface area contributed by atoms with E-state index in [0.29, 0.717) is 13.2 Å². The Kier molecular flexibility index (Phi) is 4.17. The van der Waals surface area contributed by atoms with Crippen LogP contribution in [0.5, 0.6) is 5.75 Å². The standard InChI is InChI=1S/C15H16O2/c1-16-11-13-7-5-6-8-14(13)12-17-15-9-3-2-4-10-15/h2-10H,11-12H2,1H3. The van der Waals surface area contributed by atoms with Gasteiger partial charge < -0.3 is 9.47 Å². The number of rotatable bonds is 5. The maximum atomic E-state index is 5.72. The summed E-state index contributed by atoms with van der Waals surface area (Å²) >= 11 is 0. The average molecular weight is 228 g/mol. The first kappa shape index (κ1) is 11.7. The van der Waals surface area contributed by atoms with Gasteiger partial charge in [-0.15, -0.1) is 0 Å². The molecule has 0 atom stereocenters. The Bertz CT molecular complexity index is 451. The minimum Gasteiger partial charge on any atom is -0.489 e. The maximum Gasteiger partial charge on any atom is 0.119 e. The van der Waals surface area contributed by atoms with Gasteiger partial charge in [-0.2, -0.15) is 0 Å². The van der Waals surface area contributed by atoms with Crippen molar-refractivity contribution in [2.75, 3.05) is 7.11 Å². The summed E-state index contributed by atoms with van der Waals surface area (Å²) in [4.78, 5) is 0. The van der Waals surface area contributed by atoms with Gasteiger partial charge in [-0.1, -0.05) is 42.5 Å². The first-order valence-electron chi connectivity index (χ1n) is 5.63. The normalized spacial score (nSPS) is 10.2. The first-order valence-corrected chi connectivity index (χ1v) is 5.63. The Labute approximate surface area is 102 Å². The molecule has 0 aliphatic carbocycles. The molecule has 2 rings (SSSR count). The quantitative estimate of drug-likeness (QED) is 0.780. The Morgan fingerprint density at radius 1 is 0.765 bits per heavy atom. The molecular formula is C15H16O2. The predicted molar refractivity (Wildman–Crippen MR) is 67.9 cm³/mol. The Balaban J connectivity index is 2.03. The Hall–Kier alpha value is -1.80. The largest absolute Gasteiger partial charge is 0.489 e. The molecule has 0 spiro atoms. The molecule has 0 aliphatic heterocycles. The maximum absolute atomic E-state index is 5.72. The highest BCUT2D eigenvalue weighted by Gasteiger charge is 2.02. The van der Waals surface area contributed by atoms with E-state index in [9.17, 15) is 0 Å². The fraction of sp³-hybridized carbons (Fsp3) is 0.200. The van der Waals surface area contributed by atoms with Gasteiger partial charge in [0.15, 0.2) is 0 Å². The van der Waals surface area contributed by atoms with Crippen molar-refractivity contribution in [2.24, 2.45) is 0 Å². The summed E-state index contributed by atoms with van der Waals surface area (Å²) < 4.78 is 10.9. The molecule has 0 heterocycles. The van der Waals surface area contributed by atoms with Gasteiger partial charge in [0.2, 0.25) is 0 Å². The van der Waals surface area contributed by atoms with Crippen LogP contribution >= 0.6 is 0 Å². The van der Waals surface area contributed by atoms with E-state index < -0.39 is 0 Å². The van der Waals surface area contributed by atoms with E-state index >= 15 is 0 Å². The third-order valence-electron chi connectivity index (χ3n) is 2.56. The lowest BCUT2D eigenvalue weighted by atomic mass is 10.1. The molecule has 2 nitrogen and oxygen atoms in total. The molecule has 0 unspecified atom stereocenters. The van der Waals surface area contributed by atoms with E-state index in [1.165, 1.54) is 11.1 Å². The number of para-hydroxylation sites is 1. The molecule has 0 aliphatic rings. The summed E-state index contributed by atoms with van der Waals surface area (Å²) in [6.07, 6.45) is 0. The zero-order valence-corrected chi connectivity index (χ0v) is 9.93. The highest BCUT2D eigenvalue weighted by molar-refractivity contribution is 5.27. The summed E-state index contributed by atoms with van der Waals surface area (Å²) in [5.74, 6) is 0.889.